The zero-order valence-electron chi connectivity index (χ0n) is 11.4. The summed E-state index contributed by atoms with van der Waals surface area (Å²) in [6.07, 6.45) is 0. The number of halogens is 2. The van der Waals surface area contributed by atoms with E-state index in [0.29, 0.717) is 5.76 Å². The maximum atomic E-state index is 12.3. The Bertz CT molecular complexity index is 831. The van der Waals surface area contributed by atoms with Crippen molar-refractivity contribution in [1.29, 1.82) is 0 Å². The van der Waals surface area contributed by atoms with Gasteiger partial charge >= 0.3 is 5.91 Å². The lowest BCUT2D eigenvalue weighted by Gasteiger charge is -2.09. The molecule has 2 aromatic heterocycles. The Morgan fingerprint density at radius 3 is 2.57 bits per heavy atom. The van der Waals surface area contributed by atoms with Crippen molar-refractivity contribution in [3.05, 3.63) is 55.5 Å². The summed E-state index contributed by atoms with van der Waals surface area (Å²) in [5.41, 5.74) is 5.50. The smallest absolute Gasteiger partial charge is 0.305 e. The summed E-state index contributed by atoms with van der Waals surface area (Å²) in [6, 6.07) is 9.55. The third-order valence-electron chi connectivity index (χ3n) is 3.24. The second-order valence-corrected chi connectivity index (χ2v) is 6.89. The van der Waals surface area contributed by atoms with Crippen molar-refractivity contribution >= 4 is 55.4 Å². The fourth-order valence-electron chi connectivity index (χ4n) is 2.19. The van der Waals surface area contributed by atoms with Gasteiger partial charge in [-0.15, -0.1) is 0 Å². The number of fused-ring (bicyclic) bond motifs is 1. The Balaban J connectivity index is 1.97. The molecule has 108 valence electrons. The average Bonchev–Trinajstić information content (AvgIpc) is 2.97. The molecular formula is C15H12BrIN2O2. The highest BCUT2D eigenvalue weighted by Crippen LogP contribution is 2.28. The molecule has 0 unspecified atom stereocenters. The minimum Gasteiger partial charge on any atom is -0.450 e. The van der Waals surface area contributed by atoms with Gasteiger partial charge in [-0.2, -0.15) is 0 Å². The number of carbonyl (C=O) groups is 1. The molecule has 0 radical (unpaired) electrons. The van der Waals surface area contributed by atoms with Crippen molar-refractivity contribution in [2.75, 3.05) is 5.43 Å². The van der Waals surface area contributed by atoms with Gasteiger partial charge in [0.1, 0.15) is 5.58 Å². The zero-order chi connectivity index (χ0) is 15.1. The Morgan fingerprint density at radius 1 is 1.24 bits per heavy atom. The number of amides is 1. The Hall–Kier alpha value is -1.28. The van der Waals surface area contributed by atoms with Crippen molar-refractivity contribution < 1.29 is 9.21 Å². The summed E-state index contributed by atoms with van der Waals surface area (Å²) in [6.45, 7) is 3.87. The number of furan rings is 1. The van der Waals surface area contributed by atoms with Crippen LogP contribution < -0.4 is 5.43 Å². The van der Waals surface area contributed by atoms with E-state index < -0.39 is 0 Å². The summed E-state index contributed by atoms with van der Waals surface area (Å²) in [5.74, 6) is 0.0361. The van der Waals surface area contributed by atoms with E-state index in [1.165, 1.54) is 0 Å². The van der Waals surface area contributed by atoms with E-state index in [4.69, 9.17) is 4.42 Å². The highest BCUT2D eigenvalue weighted by Gasteiger charge is 2.15. The van der Waals surface area contributed by atoms with E-state index in [2.05, 4.69) is 43.9 Å². The Kier molecular flexibility index (Phi) is 3.83. The van der Waals surface area contributed by atoms with Crippen molar-refractivity contribution in [2.45, 2.75) is 13.8 Å². The van der Waals surface area contributed by atoms with Crippen LogP contribution in [0.1, 0.15) is 21.9 Å². The molecular weight excluding hydrogens is 447 g/mol. The van der Waals surface area contributed by atoms with E-state index in [1.807, 2.05) is 38.1 Å². The summed E-state index contributed by atoms with van der Waals surface area (Å²) in [4.78, 5) is 12.3. The first-order valence-corrected chi connectivity index (χ1v) is 8.18. The number of hydrogen-bond donors (Lipinski definition) is 1. The minimum absolute atomic E-state index is 0.263. The van der Waals surface area contributed by atoms with E-state index in [-0.39, 0.29) is 5.91 Å². The van der Waals surface area contributed by atoms with Gasteiger partial charge in [0.15, 0.2) is 5.76 Å². The molecule has 0 spiro atoms. The summed E-state index contributed by atoms with van der Waals surface area (Å²) in [7, 11) is 0. The van der Waals surface area contributed by atoms with Crippen LogP contribution in [0.4, 0.5) is 0 Å². The summed E-state index contributed by atoms with van der Waals surface area (Å²) < 4.78 is 9.36. The lowest BCUT2D eigenvalue weighted by molar-refractivity contribution is 0.0982. The monoisotopic (exact) mass is 458 g/mol. The number of rotatable bonds is 2. The quantitative estimate of drug-likeness (QED) is 0.570. The first kappa shape index (κ1) is 14.6. The highest BCUT2D eigenvalue weighted by molar-refractivity contribution is 14.1. The fraction of sp³-hybridized carbons (Fsp3) is 0.133. The van der Waals surface area contributed by atoms with Gasteiger partial charge in [0, 0.05) is 21.2 Å². The first-order valence-electron chi connectivity index (χ1n) is 6.30. The predicted molar refractivity (Wildman–Crippen MR) is 94.2 cm³/mol. The van der Waals surface area contributed by atoms with E-state index in [9.17, 15) is 4.79 Å². The molecule has 6 heteroatoms. The van der Waals surface area contributed by atoms with E-state index >= 15 is 0 Å². The maximum absolute atomic E-state index is 12.3. The topological polar surface area (TPSA) is 47.2 Å². The second-order valence-electron chi connectivity index (χ2n) is 4.81. The minimum atomic E-state index is -0.263. The van der Waals surface area contributed by atoms with Crippen LogP contribution in [0, 0.1) is 17.4 Å². The number of nitrogens with zero attached hydrogens (tertiary/aromatic N) is 1. The summed E-state index contributed by atoms with van der Waals surface area (Å²) in [5, 5.41) is 0.903. The normalized spacial score (nSPS) is 11.0. The average molecular weight is 459 g/mol. The molecule has 0 bridgehead atoms. The number of benzene rings is 1. The van der Waals surface area contributed by atoms with Crippen molar-refractivity contribution in [1.82, 2.24) is 4.68 Å². The molecule has 3 aromatic rings. The van der Waals surface area contributed by atoms with Crippen LogP contribution >= 0.6 is 38.5 Å². The zero-order valence-corrected chi connectivity index (χ0v) is 15.1. The number of nitrogens with one attached hydrogen (secondary N) is 1. The van der Waals surface area contributed by atoms with Gasteiger partial charge in [-0.1, -0.05) is 15.9 Å². The van der Waals surface area contributed by atoms with Crippen LogP contribution in [-0.2, 0) is 0 Å². The first-order chi connectivity index (χ1) is 9.95. The highest BCUT2D eigenvalue weighted by atomic mass is 127. The number of aryl methyl sites for hydroxylation is 2. The van der Waals surface area contributed by atoms with Crippen molar-refractivity contribution in [3.63, 3.8) is 0 Å². The van der Waals surface area contributed by atoms with Gasteiger partial charge < -0.3 is 4.42 Å². The van der Waals surface area contributed by atoms with Gasteiger partial charge in [-0.3, -0.25) is 14.9 Å². The van der Waals surface area contributed by atoms with Crippen LogP contribution in [0.2, 0.25) is 0 Å². The van der Waals surface area contributed by atoms with Crippen LogP contribution in [0.15, 0.2) is 39.2 Å². The van der Waals surface area contributed by atoms with Gasteiger partial charge in [0.25, 0.3) is 0 Å². The van der Waals surface area contributed by atoms with E-state index in [1.54, 1.807) is 10.7 Å². The molecule has 3 rings (SSSR count). The molecule has 0 saturated heterocycles. The van der Waals surface area contributed by atoms with Gasteiger partial charge in [0.05, 0.1) is 3.57 Å². The standard InChI is InChI=1S/C15H12BrIN2O2/c1-8-3-4-9(2)19(8)18-15(20)13-6-10-5-11(16)7-12(17)14(10)21-13/h3-7H,1-2H3,(H,18,20). The molecule has 0 aliphatic carbocycles. The summed E-state index contributed by atoms with van der Waals surface area (Å²) >= 11 is 5.64. The molecule has 0 aliphatic rings. The van der Waals surface area contributed by atoms with E-state index in [0.717, 1.165) is 30.4 Å². The van der Waals surface area contributed by atoms with Gasteiger partial charge in [0.2, 0.25) is 0 Å². The molecule has 1 N–H and O–H groups in total. The molecule has 0 saturated carbocycles. The molecule has 1 aromatic carbocycles. The molecule has 4 nitrogen and oxygen atoms in total. The van der Waals surface area contributed by atoms with Crippen LogP contribution in [0.5, 0.6) is 0 Å². The third kappa shape index (κ3) is 2.74. The number of carbonyl (C=O) groups excluding carboxylic acids is 1. The van der Waals surface area contributed by atoms with Crippen molar-refractivity contribution in [3.8, 4) is 0 Å². The number of hydrogen-bond acceptors (Lipinski definition) is 2. The largest absolute Gasteiger partial charge is 0.450 e. The predicted octanol–water partition coefficient (Wildman–Crippen LogP) is 4.60. The van der Waals surface area contributed by atoms with Gasteiger partial charge in [-0.05, 0) is 66.8 Å². The van der Waals surface area contributed by atoms with Gasteiger partial charge in [-0.25, -0.2) is 0 Å². The molecule has 0 aliphatic heterocycles. The molecule has 2 heterocycles. The van der Waals surface area contributed by atoms with Crippen LogP contribution in [0.25, 0.3) is 11.0 Å². The van der Waals surface area contributed by atoms with Crippen molar-refractivity contribution in [2.24, 2.45) is 0 Å². The van der Waals surface area contributed by atoms with Crippen LogP contribution in [0.3, 0.4) is 0 Å². The molecule has 21 heavy (non-hydrogen) atoms. The Labute approximate surface area is 143 Å². The third-order valence-corrected chi connectivity index (χ3v) is 4.50. The second kappa shape index (κ2) is 5.49. The SMILES string of the molecule is Cc1ccc(C)n1NC(=O)c1cc2cc(Br)cc(I)c2o1. The molecule has 0 fully saturated rings. The molecule has 1 amide bonds. The maximum Gasteiger partial charge on any atom is 0.305 e. The number of aromatic nitrogens is 1. The fourth-order valence-corrected chi connectivity index (χ4v) is 3.85. The lowest BCUT2D eigenvalue weighted by atomic mass is 10.2. The Morgan fingerprint density at radius 2 is 1.90 bits per heavy atom. The molecule has 0 atom stereocenters. The lowest BCUT2D eigenvalue weighted by Crippen LogP contribution is -2.24. The van der Waals surface area contributed by atoms with Crippen LogP contribution in [-0.4, -0.2) is 10.6 Å².